The molecule has 0 fully saturated rings. The van der Waals surface area contributed by atoms with Gasteiger partial charge in [-0.1, -0.05) is 63.2 Å². The number of hydrogen-bond donors (Lipinski definition) is 1. The van der Waals surface area contributed by atoms with E-state index < -0.39 is 0 Å². The molecule has 0 radical (unpaired) electrons. The summed E-state index contributed by atoms with van der Waals surface area (Å²) in [5, 5.41) is 3.23. The lowest BCUT2D eigenvalue weighted by atomic mass is 9.87. The van der Waals surface area contributed by atoms with Gasteiger partial charge in [0, 0.05) is 5.69 Å². The highest BCUT2D eigenvalue weighted by atomic mass is 16.5. The number of hydrogen-bond acceptors (Lipinski definition) is 4. The van der Waals surface area contributed by atoms with Crippen LogP contribution in [0, 0.1) is 0 Å². The zero-order valence-electron chi connectivity index (χ0n) is 20.3. The number of ether oxygens (including phenoxy) is 1. The van der Waals surface area contributed by atoms with Gasteiger partial charge in [-0.05, 0) is 66.8 Å². The van der Waals surface area contributed by atoms with Crippen LogP contribution in [0.5, 0.6) is 5.75 Å². The number of carbonyl (C=O) groups excluding carboxylic acids is 2. The molecule has 0 bridgehead atoms. The Balaban J connectivity index is 1.70. The van der Waals surface area contributed by atoms with Crippen LogP contribution in [0.1, 0.15) is 45.7 Å². The number of imide groups is 1. The molecule has 1 aliphatic rings. The molecule has 5 nitrogen and oxygen atoms in total. The molecule has 1 N–H and O–H groups in total. The number of anilines is 2. The van der Waals surface area contributed by atoms with Gasteiger partial charge in [-0.3, -0.25) is 9.59 Å². The summed E-state index contributed by atoms with van der Waals surface area (Å²) >= 11 is 0. The first-order valence-electron chi connectivity index (χ1n) is 11.5. The SMILES string of the molecule is CC(C)Oc1ccc(N2C(=O)C(Nc3ccc(C(C)(C)C)cc3)=C(c3ccccc3)C2=O)cc1. The minimum atomic E-state index is -0.388. The van der Waals surface area contributed by atoms with Crippen molar-refractivity contribution >= 4 is 28.8 Å². The van der Waals surface area contributed by atoms with E-state index in [0.717, 1.165) is 5.69 Å². The highest BCUT2D eigenvalue weighted by Crippen LogP contribution is 2.34. The van der Waals surface area contributed by atoms with Crippen LogP contribution in [0.15, 0.2) is 84.6 Å². The third-order valence-electron chi connectivity index (χ3n) is 5.63. The second kappa shape index (κ2) is 9.18. The molecule has 174 valence electrons. The number of nitrogens with zero attached hydrogens (tertiary/aromatic N) is 1. The van der Waals surface area contributed by atoms with Crippen molar-refractivity contribution in [1.82, 2.24) is 0 Å². The normalized spacial score (nSPS) is 14.2. The van der Waals surface area contributed by atoms with E-state index in [2.05, 4.69) is 26.1 Å². The average Bonchev–Trinajstić information content (AvgIpc) is 3.04. The first-order valence-corrected chi connectivity index (χ1v) is 11.5. The van der Waals surface area contributed by atoms with Gasteiger partial charge < -0.3 is 10.1 Å². The van der Waals surface area contributed by atoms with Crippen molar-refractivity contribution in [2.24, 2.45) is 0 Å². The molecule has 4 rings (SSSR count). The first-order chi connectivity index (χ1) is 16.1. The number of rotatable bonds is 6. The number of carbonyl (C=O) groups is 2. The van der Waals surface area contributed by atoms with Gasteiger partial charge in [0.05, 0.1) is 17.4 Å². The fourth-order valence-corrected chi connectivity index (χ4v) is 3.90. The molecular formula is C29H30N2O3. The number of amides is 2. The van der Waals surface area contributed by atoms with E-state index in [9.17, 15) is 9.59 Å². The molecule has 5 heteroatoms. The lowest BCUT2D eigenvalue weighted by Gasteiger charge is -2.19. The molecule has 0 saturated heterocycles. The van der Waals surface area contributed by atoms with E-state index in [4.69, 9.17) is 4.74 Å². The highest BCUT2D eigenvalue weighted by molar-refractivity contribution is 6.46. The molecule has 3 aromatic rings. The Morgan fingerprint density at radius 3 is 1.97 bits per heavy atom. The van der Waals surface area contributed by atoms with Crippen molar-refractivity contribution in [3.63, 3.8) is 0 Å². The molecule has 0 atom stereocenters. The Labute approximate surface area is 201 Å². The fourth-order valence-electron chi connectivity index (χ4n) is 3.90. The molecule has 1 heterocycles. The van der Waals surface area contributed by atoms with Crippen molar-refractivity contribution in [3.05, 3.63) is 95.7 Å². The Hall–Kier alpha value is -3.86. The number of benzene rings is 3. The molecule has 34 heavy (non-hydrogen) atoms. The van der Waals surface area contributed by atoms with Gasteiger partial charge in [0.1, 0.15) is 11.4 Å². The van der Waals surface area contributed by atoms with Crippen LogP contribution in [0.2, 0.25) is 0 Å². The Morgan fingerprint density at radius 2 is 1.41 bits per heavy atom. The van der Waals surface area contributed by atoms with E-state index in [-0.39, 0.29) is 29.0 Å². The van der Waals surface area contributed by atoms with Gasteiger partial charge >= 0.3 is 0 Å². The standard InChI is InChI=1S/C29H30N2O3/c1-19(2)34-24-17-15-23(16-18-24)31-27(32)25(20-9-7-6-8-10-20)26(28(31)33)30-22-13-11-21(12-14-22)29(3,4)5/h6-19,30H,1-5H3. The lowest BCUT2D eigenvalue weighted by Crippen LogP contribution is -2.32. The van der Waals surface area contributed by atoms with Gasteiger partial charge in [0.2, 0.25) is 0 Å². The maximum absolute atomic E-state index is 13.5. The summed E-state index contributed by atoms with van der Waals surface area (Å²) in [5.41, 5.74) is 3.77. The molecule has 1 aliphatic heterocycles. The van der Waals surface area contributed by atoms with Crippen molar-refractivity contribution in [3.8, 4) is 5.75 Å². The highest BCUT2D eigenvalue weighted by Gasteiger charge is 2.40. The topological polar surface area (TPSA) is 58.6 Å². The number of nitrogens with one attached hydrogen (secondary N) is 1. The summed E-state index contributed by atoms with van der Waals surface area (Å²) in [4.78, 5) is 28.3. The summed E-state index contributed by atoms with van der Waals surface area (Å²) in [6.07, 6.45) is 0.0349. The van der Waals surface area contributed by atoms with E-state index in [1.165, 1.54) is 10.5 Å². The Kier molecular flexibility index (Phi) is 6.29. The summed E-state index contributed by atoms with van der Waals surface area (Å²) in [5.74, 6) is -0.0600. The molecule has 0 aromatic heterocycles. The van der Waals surface area contributed by atoms with Crippen molar-refractivity contribution in [1.29, 1.82) is 0 Å². The first kappa shape index (κ1) is 23.3. The predicted molar refractivity (Wildman–Crippen MR) is 137 cm³/mol. The summed E-state index contributed by atoms with van der Waals surface area (Å²) in [6.45, 7) is 10.4. The zero-order valence-corrected chi connectivity index (χ0v) is 20.3. The Bertz CT molecular complexity index is 1220. The van der Waals surface area contributed by atoms with E-state index in [1.54, 1.807) is 24.3 Å². The monoisotopic (exact) mass is 454 g/mol. The maximum Gasteiger partial charge on any atom is 0.282 e. The van der Waals surface area contributed by atoms with Crippen molar-refractivity contribution in [2.75, 3.05) is 10.2 Å². The summed E-state index contributed by atoms with van der Waals surface area (Å²) in [6, 6.07) is 24.3. The predicted octanol–water partition coefficient (Wildman–Crippen LogP) is 6.17. The fraction of sp³-hybridized carbons (Fsp3) is 0.241. The van der Waals surface area contributed by atoms with Crippen LogP contribution in [0.4, 0.5) is 11.4 Å². The Morgan fingerprint density at radius 1 is 0.794 bits per heavy atom. The van der Waals surface area contributed by atoms with Crippen LogP contribution in [0.3, 0.4) is 0 Å². The van der Waals surface area contributed by atoms with Gasteiger partial charge in [-0.2, -0.15) is 0 Å². The third kappa shape index (κ3) is 4.74. The van der Waals surface area contributed by atoms with E-state index >= 15 is 0 Å². The summed E-state index contributed by atoms with van der Waals surface area (Å²) < 4.78 is 5.70. The largest absolute Gasteiger partial charge is 0.491 e. The average molecular weight is 455 g/mol. The van der Waals surface area contributed by atoms with Crippen LogP contribution < -0.4 is 15.0 Å². The van der Waals surface area contributed by atoms with E-state index in [1.807, 2.05) is 68.4 Å². The van der Waals surface area contributed by atoms with Crippen LogP contribution >= 0.6 is 0 Å². The van der Waals surface area contributed by atoms with Crippen molar-refractivity contribution in [2.45, 2.75) is 46.1 Å². The van der Waals surface area contributed by atoms with Gasteiger partial charge in [0.25, 0.3) is 11.8 Å². The van der Waals surface area contributed by atoms with Crippen LogP contribution in [0.25, 0.3) is 5.57 Å². The van der Waals surface area contributed by atoms with Gasteiger partial charge in [-0.15, -0.1) is 0 Å². The molecule has 0 spiro atoms. The summed E-state index contributed by atoms with van der Waals surface area (Å²) in [7, 11) is 0. The van der Waals surface area contributed by atoms with E-state index in [0.29, 0.717) is 22.6 Å². The molecule has 0 unspecified atom stereocenters. The third-order valence-corrected chi connectivity index (χ3v) is 5.63. The molecule has 0 saturated carbocycles. The van der Waals surface area contributed by atoms with Gasteiger partial charge in [-0.25, -0.2) is 4.90 Å². The maximum atomic E-state index is 13.5. The van der Waals surface area contributed by atoms with Crippen LogP contribution in [-0.4, -0.2) is 17.9 Å². The van der Waals surface area contributed by atoms with Gasteiger partial charge in [0.15, 0.2) is 0 Å². The second-order valence-corrected chi connectivity index (χ2v) is 9.67. The second-order valence-electron chi connectivity index (χ2n) is 9.67. The molecule has 3 aromatic carbocycles. The minimum absolute atomic E-state index is 0.0222. The minimum Gasteiger partial charge on any atom is -0.491 e. The smallest absolute Gasteiger partial charge is 0.282 e. The quantitative estimate of drug-likeness (QED) is 0.453. The zero-order chi connectivity index (χ0) is 24.5. The molecule has 2 amide bonds. The van der Waals surface area contributed by atoms with Crippen LogP contribution in [-0.2, 0) is 15.0 Å². The van der Waals surface area contributed by atoms with Crippen molar-refractivity contribution < 1.29 is 14.3 Å². The molecular weight excluding hydrogens is 424 g/mol. The molecule has 0 aliphatic carbocycles. The lowest BCUT2D eigenvalue weighted by molar-refractivity contribution is -0.120.